The summed E-state index contributed by atoms with van der Waals surface area (Å²) in [5, 5.41) is 11.7. The minimum absolute atomic E-state index is 0.478. The van der Waals surface area contributed by atoms with Gasteiger partial charge in [0, 0.05) is 18.8 Å². The molecule has 2 aromatic carbocycles. The number of aromatic nitrogens is 1. The molecule has 0 saturated heterocycles. The Morgan fingerprint density at radius 1 is 1.00 bits per heavy atom. The lowest BCUT2D eigenvalue weighted by atomic mass is 9.99. The summed E-state index contributed by atoms with van der Waals surface area (Å²) in [5.41, 5.74) is 1.06. The Bertz CT molecular complexity index is 726. The normalized spacial score (nSPS) is 12.4. The second-order valence-electron chi connectivity index (χ2n) is 4.83. The highest BCUT2D eigenvalue weighted by atomic mass is 16.4. The van der Waals surface area contributed by atoms with Crippen LogP contribution in [0.15, 0.2) is 67.0 Å². The Labute approximate surface area is 117 Å². The van der Waals surface area contributed by atoms with E-state index in [4.69, 9.17) is 0 Å². The average Bonchev–Trinajstić information content (AvgIpc) is 2.98. The van der Waals surface area contributed by atoms with Crippen LogP contribution >= 0.6 is 0 Å². The van der Waals surface area contributed by atoms with Gasteiger partial charge in [0.2, 0.25) is 0 Å². The molecule has 3 aromatic rings. The summed E-state index contributed by atoms with van der Waals surface area (Å²) in [6.45, 7) is 0. The molecule has 0 aliphatic carbocycles. The standard InChI is InChI=1S/C17H15NO2/c19-17(20)16(18-10-3-4-11-18)12-14-8-5-7-13-6-1-2-9-15(13)14/h1-11,16H,12H2,(H,19,20). The zero-order valence-electron chi connectivity index (χ0n) is 10.9. The molecular formula is C17H15NO2. The first-order chi connectivity index (χ1) is 9.75. The molecule has 0 saturated carbocycles. The Morgan fingerprint density at radius 3 is 2.45 bits per heavy atom. The molecule has 0 spiro atoms. The van der Waals surface area contributed by atoms with Gasteiger partial charge in [-0.05, 0) is 28.5 Å². The number of fused-ring (bicyclic) bond motifs is 1. The second kappa shape index (κ2) is 5.21. The molecule has 1 atom stereocenters. The molecule has 0 bridgehead atoms. The number of benzene rings is 2. The molecule has 0 fully saturated rings. The number of carbonyl (C=O) groups is 1. The lowest BCUT2D eigenvalue weighted by Gasteiger charge is -2.15. The highest BCUT2D eigenvalue weighted by Gasteiger charge is 2.19. The van der Waals surface area contributed by atoms with Crippen molar-refractivity contribution in [1.82, 2.24) is 4.57 Å². The fraction of sp³-hybridized carbons (Fsp3) is 0.118. The molecule has 1 N–H and O–H groups in total. The van der Waals surface area contributed by atoms with Gasteiger partial charge in [-0.3, -0.25) is 0 Å². The van der Waals surface area contributed by atoms with Gasteiger partial charge in [-0.15, -0.1) is 0 Å². The predicted molar refractivity (Wildman–Crippen MR) is 78.8 cm³/mol. The van der Waals surface area contributed by atoms with Crippen LogP contribution in [0.3, 0.4) is 0 Å². The molecule has 20 heavy (non-hydrogen) atoms. The van der Waals surface area contributed by atoms with Gasteiger partial charge < -0.3 is 9.67 Å². The van der Waals surface area contributed by atoms with E-state index < -0.39 is 12.0 Å². The van der Waals surface area contributed by atoms with Crippen LogP contribution in [0.25, 0.3) is 10.8 Å². The van der Waals surface area contributed by atoms with E-state index in [1.807, 2.05) is 54.6 Å². The molecule has 1 unspecified atom stereocenters. The molecule has 0 aliphatic rings. The molecule has 100 valence electrons. The average molecular weight is 265 g/mol. The van der Waals surface area contributed by atoms with Gasteiger partial charge in [-0.1, -0.05) is 42.5 Å². The van der Waals surface area contributed by atoms with E-state index in [2.05, 4.69) is 0 Å². The third-order valence-electron chi connectivity index (χ3n) is 3.57. The van der Waals surface area contributed by atoms with E-state index >= 15 is 0 Å². The summed E-state index contributed by atoms with van der Waals surface area (Å²) in [4.78, 5) is 11.5. The van der Waals surface area contributed by atoms with Crippen LogP contribution in [0.1, 0.15) is 11.6 Å². The summed E-state index contributed by atoms with van der Waals surface area (Å²) in [5.74, 6) is -0.811. The van der Waals surface area contributed by atoms with Gasteiger partial charge in [0.1, 0.15) is 6.04 Å². The monoisotopic (exact) mass is 265 g/mol. The molecule has 0 amide bonds. The maximum absolute atomic E-state index is 11.5. The Hall–Kier alpha value is -2.55. The molecule has 3 nitrogen and oxygen atoms in total. The van der Waals surface area contributed by atoms with Crippen LogP contribution in [0.5, 0.6) is 0 Å². The van der Waals surface area contributed by atoms with E-state index in [-0.39, 0.29) is 0 Å². The topological polar surface area (TPSA) is 42.2 Å². The van der Waals surface area contributed by atoms with Crippen LogP contribution < -0.4 is 0 Å². The fourth-order valence-electron chi connectivity index (χ4n) is 2.55. The number of aliphatic carboxylic acids is 1. The van der Waals surface area contributed by atoms with Crippen molar-refractivity contribution in [1.29, 1.82) is 0 Å². The minimum Gasteiger partial charge on any atom is -0.480 e. The van der Waals surface area contributed by atoms with Crippen LogP contribution in [-0.2, 0) is 11.2 Å². The highest BCUT2D eigenvalue weighted by molar-refractivity contribution is 5.86. The smallest absolute Gasteiger partial charge is 0.327 e. The van der Waals surface area contributed by atoms with Crippen molar-refractivity contribution in [3.63, 3.8) is 0 Å². The quantitative estimate of drug-likeness (QED) is 0.784. The van der Waals surface area contributed by atoms with Gasteiger partial charge in [0.15, 0.2) is 0 Å². The highest BCUT2D eigenvalue weighted by Crippen LogP contribution is 2.23. The van der Waals surface area contributed by atoms with Crippen LogP contribution in [0, 0.1) is 0 Å². The summed E-state index contributed by atoms with van der Waals surface area (Å²) in [6.07, 6.45) is 4.07. The Morgan fingerprint density at radius 2 is 1.70 bits per heavy atom. The summed E-state index contributed by atoms with van der Waals surface area (Å²) >= 11 is 0. The van der Waals surface area contributed by atoms with Crippen LogP contribution in [0.4, 0.5) is 0 Å². The Kier molecular flexibility index (Phi) is 3.25. The first kappa shape index (κ1) is 12.5. The van der Waals surface area contributed by atoms with Gasteiger partial charge in [0.25, 0.3) is 0 Å². The summed E-state index contributed by atoms with van der Waals surface area (Å²) < 4.78 is 1.74. The van der Waals surface area contributed by atoms with Crippen molar-refractivity contribution >= 4 is 16.7 Å². The second-order valence-corrected chi connectivity index (χ2v) is 4.83. The van der Waals surface area contributed by atoms with Crippen molar-refractivity contribution < 1.29 is 9.90 Å². The SMILES string of the molecule is O=C(O)C(Cc1cccc2ccccc12)n1cccc1. The first-order valence-electron chi connectivity index (χ1n) is 6.57. The minimum atomic E-state index is -0.811. The van der Waals surface area contributed by atoms with E-state index in [9.17, 15) is 9.90 Å². The van der Waals surface area contributed by atoms with E-state index in [0.29, 0.717) is 6.42 Å². The maximum atomic E-state index is 11.5. The van der Waals surface area contributed by atoms with Gasteiger partial charge >= 0.3 is 5.97 Å². The van der Waals surface area contributed by atoms with Gasteiger partial charge in [0.05, 0.1) is 0 Å². The number of nitrogens with zero attached hydrogens (tertiary/aromatic N) is 1. The van der Waals surface area contributed by atoms with Crippen LogP contribution in [0.2, 0.25) is 0 Å². The first-order valence-corrected chi connectivity index (χ1v) is 6.57. The van der Waals surface area contributed by atoms with Crippen molar-refractivity contribution in [2.45, 2.75) is 12.5 Å². The molecule has 0 radical (unpaired) electrons. The summed E-state index contributed by atoms with van der Waals surface area (Å²) in [6, 6.07) is 17.2. The van der Waals surface area contributed by atoms with E-state index in [1.165, 1.54) is 0 Å². The van der Waals surface area contributed by atoms with Crippen molar-refractivity contribution in [2.24, 2.45) is 0 Å². The number of carboxylic acids is 1. The van der Waals surface area contributed by atoms with E-state index in [0.717, 1.165) is 16.3 Å². The van der Waals surface area contributed by atoms with Crippen molar-refractivity contribution in [2.75, 3.05) is 0 Å². The van der Waals surface area contributed by atoms with E-state index in [1.54, 1.807) is 17.0 Å². The number of rotatable bonds is 4. The molecule has 3 rings (SSSR count). The lowest BCUT2D eigenvalue weighted by molar-refractivity contribution is -0.140. The molecule has 1 aromatic heterocycles. The van der Waals surface area contributed by atoms with Gasteiger partial charge in [-0.25, -0.2) is 4.79 Å². The molecular weight excluding hydrogens is 250 g/mol. The van der Waals surface area contributed by atoms with Gasteiger partial charge in [-0.2, -0.15) is 0 Å². The largest absolute Gasteiger partial charge is 0.480 e. The molecule has 1 heterocycles. The fourth-order valence-corrected chi connectivity index (χ4v) is 2.55. The number of hydrogen-bond acceptors (Lipinski definition) is 1. The van der Waals surface area contributed by atoms with Crippen LogP contribution in [-0.4, -0.2) is 15.6 Å². The zero-order chi connectivity index (χ0) is 13.9. The third kappa shape index (κ3) is 2.30. The zero-order valence-corrected chi connectivity index (χ0v) is 10.9. The van der Waals surface area contributed by atoms with Crippen molar-refractivity contribution in [3.05, 3.63) is 72.6 Å². The lowest BCUT2D eigenvalue weighted by Crippen LogP contribution is -2.20. The van der Waals surface area contributed by atoms with Crippen molar-refractivity contribution in [3.8, 4) is 0 Å². The maximum Gasteiger partial charge on any atom is 0.327 e. The molecule has 0 aliphatic heterocycles. The summed E-state index contributed by atoms with van der Waals surface area (Å²) in [7, 11) is 0. The number of carboxylic acid groups (broad SMARTS) is 1. The predicted octanol–water partition coefficient (Wildman–Crippen LogP) is 3.51. The molecule has 3 heteroatoms. The third-order valence-corrected chi connectivity index (χ3v) is 3.57. The number of hydrogen-bond donors (Lipinski definition) is 1. The Balaban J connectivity index is 2.01.